The van der Waals surface area contributed by atoms with Crippen LogP contribution in [0.3, 0.4) is 0 Å². The van der Waals surface area contributed by atoms with E-state index in [-0.39, 0.29) is 11.8 Å². The number of ketones is 1. The summed E-state index contributed by atoms with van der Waals surface area (Å²) in [7, 11) is 0. The van der Waals surface area contributed by atoms with Crippen LogP contribution < -0.4 is 5.32 Å². The monoisotopic (exact) mass is 184 g/mol. The summed E-state index contributed by atoms with van der Waals surface area (Å²) in [5, 5.41) is 2.78. The second kappa shape index (κ2) is 4.25. The molecule has 1 saturated heterocycles. The highest BCUT2D eigenvalue weighted by atomic mass is 16.2. The number of nitrogens with zero attached hydrogens (tertiary/aromatic N) is 1. The molecule has 0 bridgehead atoms. The molecule has 0 aliphatic carbocycles. The first-order chi connectivity index (χ1) is 6.09. The highest BCUT2D eigenvalue weighted by Crippen LogP contribution is 2.06. The largest absolute Gasteiger partial charge is 0.338 e. The quantitative estimate of drug-likeness (QED) is 0.699. The highest BCUT2D eigenvalue weighted by molar-refractivity contribution is 5.78. The first-order valence-electron chi connectivity index (χ1n) is 4.62. The third-order valence-corrected chi connectivity index (χ3v) is 2.15. The molecule has 4 heteroatoms. The van der Waals surface area contributed by atoms with E-state index in [1.807, 2.05) is 0 Å². The second-order valence-electron chi connectivity index (χ2n) is 3.69. The maximum absolute atomic E-state index is 11.3. The Kier molecular flexibility index (Phi) is 3.28. The third-order valence-electron chi connectivity index (χ3n) is 2.15. The van der Waals surface area contributed by atoms with Crippen molar-refractivity contribution in [1.29, 1.82) is 0 Å². The Morgan fingerprint density at radius 2 is 2.38 bits per heavy atom. The van der Waals surface area contributed by atoms with E-state index in [0.29, 0.717) is 18.9 Å². The van der Waals surface area contributed by atoms with Gasteiger partial charge in [-0.1, -0.05) is 6.92 Å². The first kappa shape index (κ1) is 10.0. The molecule has 0 aromatic rings. The minimum Gasteiger partial charge on any atom is -0.338 e. The zero-order valence-electron chi connectivity index (χ0n) is 8.17. The minimum atomic E-state index is -0.0423. The lowest BCUT2D eigenvalue weighted by molar-refractivity contribution is -0.117. The zero-order chi connectivity index (χ0) is 9.84. The molecule has 74 valence electrons. The third kappa shape index (κ3) is 3.05. The van der Waals surface area contributed by atoms with Crippen LogP contribution in [0, 0.1) is 5.92 Å². The molecule has 1 aliphatic rings. The lowest BCUT2D eigenvalue weighted by Gasteiger charge is -2.31. The van der Waals surface area contributed by atoms with Crippen molar-refractivity contribution < 1.29 is 9.59 Å². The topological polar surface area (TPSA) is 49.4 Å². The molecular weight excluding hydrogens is 168 g/mol. The van der Waals surface area contributed by atoms with Crippen LogP contribution in [0.4, 0.5) is 4.79 Å². The van der Waals surface area contributed by atoms with Crippen molar-refractivity contribution in [2.75, 3.05) is 19.6 Å². The normalized spacial score (nSPS) is 22.8. The molecule has 0 saturated carbocycles. The van der Waals surface area contributed by atoms with E-state index in [4.69, 9.17) is 0 Å². The second-order valence-corrected chi connectivity index (χ2v) is 3.69. The standard InChI is InChI=1S/C9H16N2O2/c1-7-5-10-9(13)11(6-7)4-3-8(2)12/h7H,3-6H2,1-2H3,(H,10,13). The number of nitrogens with one attached hydrogen (secondary N) is 1. The first-order valence-corrected chi connectivity index (χ1v) is 4.62. The lowest BCUT2D eigenvalue weighted by atomic mass is 10.1. The van der Waals surface area contributed by atoms with Crippen LogP contribution in [0.25, 0.3) is 0 Å². The smallest absolute Gasteiger partial charge is 0.317 e. The van der Waals surface area contributed by atoms with Gasteiger partial charge >= 0.3 is 6.03 Å². The fraction of sp³-hybridized carbons (Fsp3) is 0.778. The maximum atomic E-state index is 11.3. The molecule has 13 heavy (non-hydrogen) atoms. The van der Waals surface area contributed by atoms with Crippen LogP contribution in [-0.4, -0.2) is 36.3 Å². The predicted octanol–water partition coefficient (Wildman–Crippen LogP) is 0.627. The molecule has 4 nitrogen and oxygen atoms in total. The van der Waals surface area contributed by atoms with Gasteiger partial charge in [-0.25, -0.2) is 4.79 Å². The van der Waals surface area contributed by atoms with Gasteiger partial charge in [-0.3, -0.25) is 4.79 Å². The Hall–Kier alpha value is -1.06. The van der Waals surface area contributed by atoms with E-state index in [1.54, 1.807) is 11.8 Å². The van der Waals surface area contributed by atoms with Crippen LogP contribution >= 0.6 is 0 Å². The average Bonchev–Trinajstić information content (AvgIpc) is 2.06. The van der Waals surface area contributed by atoms with Gasteiger partial charge in [-0.2, -0.15) is 0 Å². The van der Waals surface area contributed by atoms with Crippen molar-refractivity contribution in [3.05, 3.63) is 0 Å². The van der Waals surface area contributed by atoms with Crippen LogP contribution in [0.2, 0.25) is 0 Å². The van der Waals surface area contributed by atoms with Gasteiger partial charge in [0.15, 0.2) is 0 Å². The van der Waals surface area contributed by atoms with Crippen LogP contribution in [0.1, 0.15) is 20.3 Å². The van der Waals surface area contributed by atoms with Crippen molar-refractivity contribution in [2.24, 2.45) is 5.92 Å². The van der Waals surface area contributed by atoms with E-state index >= 15 is 0 Å². The van der Waals surface area contributed by atoms with Crippen LogP contribution in [0.5, 0.6) is 0 Å². The number of urea groups is 1. The number of carbonyl (C=O) groups excluding carboxylic acids is 2. The van der Waals surface area contributed by atoms with E-state index in [9.17, 15) is 9.59 Å². The summed E-state index contributed by atoms with van der Waals surface area (Å²) in [5.74, 6) is 0.607. The summed E-state index contributed by atoms with van der Waals surface area (Å²) in [4.78, 5) is 23.7. The average molecular weight is 184 g/mol. The van der Waals surface area contributed by atoms with Gasteiger partial charge in [0.1, 0.15) is 5.78 Å². The number of carbonyl (C=O) groups is 2. The van der Waals surface area contributed by atoms with E-state index in [2.05, 4.69) is 12.2 Å². The highest BCUT2D eigenvalue weighted by Gasteiger charge is 2.21. The fourth-order valence-corrected chi connectivity index (χ4v) is 1.38. The van der Waals surface area contributed by atoms with Crippen molar-refractivity contribution in [3.8, 4) is 0 Å². The van der Waals surface area contributed by atoms with Gasteiger partial charge < -0.3 is 10.2 Å². The van der Waals surface area contributed by atoms with Crippen LogP contribution in [0.15, 0.2) is 0 Å². The van der Waals surface area contributed by atoms with Gasteiger partial charge in [0.25, 0.3) is 0 Å². The van der Waals surface area contributed by atoms with Crippen molar-refractivity contribution >= 4 is 11.8 Å². The molecule has 1 heterocycles. The Morgan fingerprint density at radius 3 is 3.00 bits per heavy atom. The van der Waals surface area contributed by atoms with E-state index in [0.717, 1.165) is 13.1 Å². The Balaban J connectivity index is 2.37. The summed E-state index contributed by atoms with van der Waals surface area (Å²) >= 11 is 0. The van der Waals surface area contributed by atoms with E-state index < -0.39 is 0 Å². The van der Waals surface area contributed by atoms with Crippen molar-refractivity contribution in [3.63, 3.8) is 0 Å². The molecule has 2 amide bonds. The molecule has 0 radical (unpaired) electrons. The molecule has 0 aromatic carbocycles. The van der Waals surface area contributed by atoms with Crippen LogP contribution in [-0.2, 0) is 4.79 Å². The fourth-order valence-electron chi connectivity index (χ4n) is 1.38. The maximum Gasteiger partial charge on any atom is 0.317 e. The molecular formula is C9H16N2O2. The molecule has 1 N–H and O–H groups in total. The Morgan fingerprint density at radius 1 is 1.69 bits per heavy atom. The number of hydrogen-bond acceptors (Lipinski definition) is 2. The minimum absolute atomic E-state index is 0.0423. The number of rotatable bonds is 3. The molecule has 1 unspecified atom stereocenters. The van der Waals surface area contributed by atoms with Gasteiger partial charge in [0.2, 0.25) is 0 Å². The van der Waals surface area contributed by atoms with Gasteiger partial charge in [-0.05, 0) is 12.8 Å². The molecule has 1 aliphatic heterocycles. The molecule has 1 fully saturated rings. The molecule has 0 aromatic heterocycles. The Bertz CT molecular complexity index is 216. The SMILES string of the molecule is CC(=O)CCN1CC(C)CNC1=O. The summed E-state index contributed by atoms with van der Waals surface area (Å²) in [6, 6.07) is -0.0423. The molecule has 0 spiro atoms. The Labute approximate surface area is 78.3 Å². The molecule has 1 atom stereocenters. The zero-order valence-corrected chi connectivity index (χ0v) is 8.17. The summed E-state index contributed by atoms with van der Waals surface area (Å²) in [6.07, 6.45) is 0.458. The van der Waals surface area contributed by atoms with Crippen molar-refractivity contribution in [1.82, 2.24) is 10.2 Å². The summed E-state index contributed by atoms with van der Waals surface area (Å²) in [5.41, 5.74) is 0. The number of Topliss-reactive ketones (excluding diaryl/α,β-unsaturated/α-hetero) is 1. The predicted molar refractivity (Wildman–Crippen MR) is 49.4 cm³/mol. The van der Waals surface area contributed by atoms with Crippen molar-refractivity contribution in [2.45, 2.75) is 20.3 Å². The summed E-state index contributed by atoms with van der Waals surface area (Å²) < 4.78 is 0. The lowest BCUT2D eigenvalue weighted by Crippen LogP contribution is -2.50. The summed E-state index contributed by atoms with van der Waals surface area (Å²) in [6.45, 7) is 5.69. The van der Waals surface area contributed by atoms with Gasteiger partial charge in [-0.15, -0.1) is 0 Å². The number of amides is 2. The molecule has 1 rings (SSSR count). The number of hydrogen-bond donors (Lipinski definition) is 1. The van der Waals surface area contributed by atoms with Gasteiger partial charge in [0, 0.05) is 26.1 Å². The van der Waals surface area contributed by atoms with Gasteiger partial charge in [0.05, 0.1) is 0 Å². The van der Waals surface area contributed by atoms with E-state index in [1.165, 1.54) is 0 Å².